The number of hydrogen-bond donors (Lipinski definition) is 0. The Morgan fingerprint density at radius 2 is 1.52 bits per heavy atom. The molecule has 0 saturated carbocycles. The van der Waals surface area contributed by atoms with Crippen LogP contribution in [0.3, 0.4) is 0 Å². The Bertz CT molecular complexity index is 342. The van der Waals surface area contributed by atoms with Crippen molar-refractivity contribution in [2.24, 2.45) is 0 Å². The van der Waals surface area contributed by atoms with Crippen molar-refractivity contribution < 1.29 is 14.3 Å². The van der Waals surface area contributed by atoms with E-state index in [1.807, 2.05) is 25.7 Å². The lowest BCUT2D eigenvalue weighted by atomic mass is 10.1. The van der Waals surface area contributed by atoms with Gasteiger partial charge in [0.25, 0.3) is 0 Å². The topological polar surface area (TPSA) is 49.9 Å². The van der Waals surface area contributed by atoms with E-state index in [-0.39, 0.29) is 11.9 Å². The number of hydrogen-bond acceptors (Lipinski definition) is 4. The summed E-state index contributed by atoms with van der Waals surface area (Å²) in [7, 11) is 2.08. The number of likely N-dealkylation sites (N-methyl/N-ethyl adjacent to an activating group) is 1. The molecule has 0 aromatic heterocycles. The SMILES string of the molecule is CN1CCN(C(=O)CCCCCC(=O)OC(C)(C)C)CC1. The van der Waals surface area contributed by atoms with Crippen molar-refractivity contribution >= 4 is 11.9 Å². The Balaban J connectivity index is 2.06. The molecule has 21 heavy (non-hydrogen) atoms. The normalized spacial score (nSPS) is 16.9. The first kappa shape index (κ1) is 18.0. The fourth-order valence-corrected chi connectivity index (χ4v) is 2.33. The largest absolute Gasteiger partial charge is 0.460 e. The predicted octanol–water partition coefficient (Wildman–Crippen LogP) is 2.05. The molecule has 1 heterocycles. The van der Waals surface area contributed by atoms with Gasteiger partial charge in [0.15, 0.2) is 0 Å². The molecule has 1 aliphatic rings. The summed E-state index contributed by atoms with van der Waals surface area (Å²) in [5.74, 6) is 0.105. The second-order valence-corrected chi connectivity index (χ2v) is 6.83. The van der Waals surface area contributed by atoms with Gasteiger partial charge in [0.2, 0.25) is 5.91 Å². The lowest BCUT2D eigenvalue weighted by molar-refractivity contribution is -0.154. The number of esters is 1. The van der Waals surface area contributed by atoms with Crippen LogP contribution in [0.4, 0.5) is 0 Å². The molecule has 0 aromatic rings. The molecular weight excluding hydrogens is 268 g/mol. The molecular formula is C16H30N2O3. The molecule has 0 aliphatic carbocycles. The van der Waals surface area contributed by atoms with Crippen LogP contribution in [-0.4, -0.2) is 60.5 Å². The van der Waals surface area contributed by atoms with Gasteiger partial charge in [0.05, 0.1) is 0 Å². The molecule has 0 atom stereocenters. The van der Waals surface area contributed by atoms with Gasteiger partial charge in [-0.25, -0.2) is 0 Å². The van der Waals surface area contributed by atoms with Crippen molar-refractivity contribution in [3.63, 3.8) is 0 Å². The summed E-state index contributed by atoms with van der Waals surface area (Å²) in [6.45, 7) is 9.23. The van der Waals surface area contributed by atoms with Gasteiger partial charge in [-0.15, -0.1) is 0 Å². The third-order valence-electron chi connectivity index (χ3n) is 3.55. The summed E-state index contributed by atoms with van der Waals surface area (Å²) < 4.78 is 5.25. The molecule has 0 spiro atoms. The summed E-state index contributed by atoms with van der Waals surface area (Å²) >= 11 is 0. The van der Waals surface area contributed by atoms with Crippen LogP contribution in [0, 0.1) is 0 Å². The third kappa shape index (κ3) is 8.05. The second-order valence-electron chi connectivity index (χ2n) is 6.83. The lowest BCUT2D eigenvalue weighted by Crippen LogP contribution is -2.47. The Labute approximate surface area is 128 Å². The van der Waals surface area contributed by atoms with E-state index in [1.165, 1.54) is 0 Å². The third-order valence-corrected chi connectivity index (χ3v) is 3.55. The van der Waals surface area contributed by atoms with Crippen LogP contribution in [0.25, 0.3) is 0 Å². The zero-order chi connectivity index (χ0) is 15.9. The van der Waals surface area contributed by atoms with Crippen LogP contribution in [0.2, 0.25) is 0 Å². The number of unbranched alkanes of at least 4 members (excludes halogenated alkanes) is 2. The number of amides is 1. The Morgan fingerprint density at radius 1 is 0.952 bits per heavy atom. The number of rotatable bonds is 6. The molecule has 1 amide bonds. The molecule has 1 fully saturated rings. The van der Waals surface area contributed by atoms with Crippen LogP contribution in [0.5, 0.6) is 0 Å². The van der Waals surface area contributed by atoms with Crippen LogP contribution >= 0.6 is 0 Å². The molecule has 0 bridgehead atoms. The van der Waals surface area contributed by atoms with Crippen LogP contribution in [0.1, 0.15) is 52.9 Å². The van der Waals surface area contributed by atoms with Crippen molar-refractivity contribution in [1.82, 2.24) is 9.80 Å². The summed E-state index contributed by atoms with van der Waals surface area (Å²) in [5, 5.41) is 0. The molecule has 1 rings (SSSR count). The highest BCUT2D eigenvalue weighted by molar-refractivity contribution is 5.76. The number of piperazine rings is 1. The van der Waals surface area contributed by atoms with Crippen LogP contribution in [-0.2, 0) is 14.3 Å². The van der Waals surface area contributed by atoms with Crippen molar-refractivity contribution in [3.8, 4) is 0 Å². The molecule has 0 unspecified atom stereocenters. The lowest BCUT2D eigenvalue weighted by Gasteiger charge is -2.32. The highest BCUT2D eigenvalue weighted by atomic mass is 16.6. The highest BCUT2D eigenvalue weighted by Gasteiger charge is 2.18. The maximum Gasteiger partial charge on any atom is 0.306 e. The van der Waals surface area contributed by atoms with Gasteiger partial charge < -0.3 is 14.5 Å². The second kappa shape index (κ2) is 8.37. The summed E-state index contributed by atoms with van der Waals surface area (Å²) in [6, 6.07) is 0. The Morgan fingerprint density at radius 3 is 2.10 bits per heavy atom. The first-order valence-corrected chi connectivity index (χ1v) is 7.96. The van der Waals surface area contributed by atoms with Gasteiger partial charge in [0.1, 0.15) is 5.60 Å². The summed E-state index contributed by atoms with van der Waals surface area (Å²) in [5.41, 5.74) is -0.408. The van der Waals surface area contributed by atoms with Gasteiger partial charge in [-0.3, -0.25) is 9.59 Å². The monoisotopic (exact) mass is 298 g/mol. The van der Waals surface area contributed by atoms with E-state index in [4.69, 9.17) is 4.74 Å². The fraction of sp³-hybridized carbons (Fsp3) is 0.875. The van der Waals surface area contributed by atoms with Crippen molar-refractivity contribution in [1.29, 1.82) is 0 Å². The number of carbonyl (C=O) groups is 2. The van der Waals surface area contributed by atoms with Crippen LogP contribution in [0.15, 0.2) is 0 Å². The minimum absolute atomic E-state index is 0.145. The quantitative estimate of drug-likeness (QED) is 0.556. The minimum Gasteiger partial charge on any atom is -0.460 e. The zero-order valence-electron chi connectivity index (χ0n) is 14.0. The average molecular weight is 298 g/mol. The molecule has 0 N–H and O–H groups in total. The fourth-order valence-electron chi connectivity index (χ4n) is 2.33. The highest BCUT2D eigenvalue weighted by Crippen LogP contribution is 2.12. The zero-order valence-corrected chi connectivity index (χ0v) is 14.0. The number of nitrogens with zero attached hydrogens (tertiary/aromatic N) is 2. The van der Waals surface area contributed by atoms with Gasteiger partial charge >= 0.3 is 5.97 Å². The first-order valence-electron chi connectivity index (χ1n) is 7.96. The molecule has 0 aromatic carbocycles. The van der Waals surface area contributed by atoms with Crippen molar-refractivity contribution in [2.45, 2.75) is 58.5 Å². The van der Waals surface area contributed by atoms with E-state index in [2.05, 4.69) is 11.9 Å². The number of ether oxygens (including phenoxy) is 1. The summed E-state index contributed by atoms with van der Waals surface area (Å²) in [6.07, 6.45) is 3.59. The summed E-state index contributed by atoms with van der Waals surface area (Å²) in [4.78, 5) is 27.7. The van der Waals surface area contributed by atoms with E-state index in [1.54, 1.807) is 0 Å². The van der Waals surface area contributed by atoms with E-state index in [9.17, 15) is 9.59 Å². The van der Waals surface area contributed by atoms with Gasteiger partial charge in [-0.1, -0.05) is 6.42 Å². The smallest absolute Gasteiger partial charge is 0.306 e. The van der Waals surface area contributed by atoms with Gasteiger partial charge in [-0.05, 0) is 40.7 Å². The van der Waals surface area contributed by atoms with E-state index >= 15 is 0 Å². The number of carbonyl (C=O) groups excluding carboxylic acids is 2. The van der Waals surface area contributed by atoms with Crippen LogP contribution < -0.4 is 0 Å². The van der Waals surface area contributed by atoms with Crippen molar-refractivity contribution in [3.05, 3.63) is 0 Å². The Kier molecular flexibility index (Phi) is 7.15. The average Bonchev–Trinajstić information content (AvgIpc) is 2.36. The van der Waals surface area contributed by atoms with E-state index < -0.39 is 5.60 Å². The van der Waals surface area contributed by atoms with Gasteiger partial charge in [-0.2, -0.15) is 0 Å². The molecule has 1 saturated heterocycles. The maximum absolute atomic E-state index is 12.0. The molecule has 0 radical (unpaired) electrons. The minimum atomic E-state index is -0.408. The van der Waals surface area contributed by atoms with Gasteiger partial charge in [0, 0.05) is 39.0 Å². The maximum atomic E-state index is 12.0. The van der Waals surface area contributed by atoms with Crippen molar-refractivity contribution in [2.75, 3.05) is 33.2 Å². The molecule has 5 nitrogen and oxygen atoms in total. The molecule has 1 aliphatic heterocycles. The molecule has 122 valence electrons. The van der Waals surface area contributed by atoms with E-state index in [0.717, 1.165) is 45.4 Å². The molecule has 5 heteroatoms. The van der Waals surface area contributed by atoms with E-state index in [0.29, 0.717) is 12.8 Å². The first-order chi connectivity index (χ1) is 9.78. The standard InChI is InChI=1S/C16H30N2O3/c1-16(2,3)21-15(20)9-7-5-6-8-14(19)18-12-10-17(4)11-13-18/h5-13H2,1-4H3. The predicted molar refractivity (Wildman–Crippen MR) is 83.0 cm³/mol. The Hall–Kier alpha value is -1.10.